The van der Waals surface area contributed by atoms with Crippen molar-refractivity contribution in [3.05, 3.63) is 35.9 Å². The first kappa shape index (κ1) is 17.9. The van der Waals surface area contributed by atoms with Crippen molar-refractivity contribution in [2.45, 2.75) is 57.0 Å². The zero-order valence-corrected chi connectivity index (χ0v) is 14.8. The molecule has 1 aromatic carbocycles. The number of amides is 2. The van der Waals surface area contributed by atoms with Crippen LogP contribution in [0, 0.1) is 5.92 Å². The zero-order chi connectivity index (χ0) is 17.6. The van der Waals surface area contributed by atoms with E-state index >= 15 is 0 Å². The highest BCUT2D eigenvalue weighted by atomic mass is 16.2. The molecule has 0 radical (unpaired) electrons. The van der Waals surface area contributed by atoms with Crippen molar-refractivity contribution in [2.24, 2.45) is 11.7 Å². The summed E-state index contributed by atoms with van der Waals surface area (Å²) in [6, 6.07) is 9.63. The quantitative estimate of drug-likeness (QED) is 0.862. The maximum atomic E-state index is 12.5. The summed E-state index contributed by atoms with van der Waals surface area (Å²) in [5.41, 5.74) is 6.59. The third-order valence-electron chi connectivity index (χ3n) is 5.60. The van der Waals surface area contributed by atoms with E-state index in [1.165, 1.54) is 19.3 Å². The second-order valence-corrected chi connectivity index (χ2v) is 7.37. The molecule has 1 heterocycles. The van der Waals surface area contributed by atoms with Gasteiger partial charge in [0.05, 0.1) is 0 Å². The van der Waals surface area contributed by atoms with Crippen LogP contribution in [0.25, 0.3) is 0 Å². The Balaban J connectivity index is 1.55. The van der Waals surface area contributed by atoms with E-state index in [0.717, 1.165) is 44.3 Å². The minimum absolute atomic E-state index is 0.0578. The summed E-state index contributed by atoms with van der Waals surface area (Å²) in [6.45, 7) is 1.45. The van der Waals surface area contributed by atoms with E-state index in [9.17, 15) is 9.59 Å². The third-order valence-corrected chi connectivity index (χ3v) is 5.60. The standard InChI is InChI=1S/C20H29N3O2/c21-19(24)18(15-7-3-1-4-8-15)23-13-11-16(12-14-23)20(25)22-17-9-5-2-6-10-17/h1,3-4,7-8,16-18H,2,5-6,9-14H2,(H2,21,24)(H,22,25)/t18-/m0/s1. The lowest BCUT2D eigenvalue weighted by Gasteiger charge is -2.36. The molecule has 2 aliphatic rings. The number of hydrogen-bond donors (Lipinski definition) is 2. The number of benzene rings is 1. The molecular weight excluding hydrogens is 314 g/mol. The first-order valence-corrected chi connectivity index (χ1v) is 9.54. The average molecular weight is 343 g/mol. The van der Waals surface area contributed by atoms with Gasteiger partial charge in [0.1, 0.15) is 6.04 Å². The molecule has 5 heteroatoms. The first-order chi connectivity index (χ1) is 12.1. The molecule has 1 aromatic rings. The zero-order valence-electron chi connectivity index (χ0n) is 14.8. The van der Waals surface area contributed by atoms with E-state index in [4.69, 9.17) is 5.73 Å². The highest BCUT2D eigenvalue weighted by Crippen LogP contribution is 2.27. The van der Waals surface area contributed by atoms with Crippen LogP contribution >= 0.6 is 0 Å². The van der Waals surface area contributed by atoms with Gasteiger partial charge < -0.3 is 11.1 Å². The van der Waals surface area contributed by atoms with Crippen LogP contribution in [0.15, 0.2) is 30.3 Å². The summed E-state index contributed by atoms with van der Waals surface area (Å²) in [5.74, 6) is -0.0688. The molecule has 3 N–H and O–H groups in total. The average Bonchev–Trinajstić information content (AvgIpc) is 2.64. The molecular formula is C20H29N3O2. The van der Waals surface area contributed by atoms with Gasteiger partial charge in [0.2, 0.25) is 11.8 Å². The smallest absolute Gasteiger partial charge is 0.239 e. The lowest BCUT2D eigenvalue weighted by Crippen LogP contribution is -2.47. The normalized spacial score (nSPS) is 21.6. The molecule has 0 spiro atoms. The lowest BCUT2D eigenvalue weighted by atomic mass is 9.91. The minimum atomic E-state index is -0.399. The van der Waals surface area contributed by atoms with Gasteiger partial charge in [-0.05, 0) is 44.3 Å². The van der Waals surface area contributed by atoms with Crippen LogP contribution in [-0.4, -0.2) is 35.8 Å². The summed E-state index contributed by atoms with van der Waals surface area (Å²) in [4.78, 5) is 26.6. The predicted octanol–water partition coefficient (Wildman–Crippen LogP) is 2.37. The van der Waals surface area contributed by atoms with E-state index in [-0.39, 0.29) is 17.7 Å². The van der Waals surface area contributed by atoms with E-state index in [1.54, 1.807) is 0 Å². The molecule has 1 aliphatic carbocycles. The van der Waals surface area contributed by atoms with Crippen LogP contribution in [0.5, 0.6) is 0 Å². The van der Waals surface area contributed by atoms with Gasteiger partial charge in [-0.25, -0.2) is 0 Å². The maximum absolute atomic E-state index is 12.5. The molecule has 0 unspecified atom stereocenters. The maximum Gasteiger partial charge on any atom is 0.239 e. The molecule has 1 saturated heterocycles. The van der Waals surface area contributed by atoms with Crippen LogP contribution in [-0.2, 0) is 9.59 Å². The number of piperidine rings is 1. The number of nitrogens with one attached hydrogen (secondary N) is 1. The Kier molecular flexibility index (Phi) is 6.08. The van der Waals surface area contributed by atoms with Crippen LogP contribution in [0.1, 0.15) is 56.6 Å². The highest BCUT2D eigenvalue weighted by Gasteiger charge is 2.32. The Labute approximate surface area is 150 Å². The van der Waals surface area contributed by atoms with Gasteiger partial charge in [0.15, 0.2) is 0 Å². The van der Waals surface area contributed by atoms with Crippen molar-refractivity contribution in [2.75, 3.05) is 13.1 Å². The number of carbonyl (C=O) groups is 2. The predicted molar refractivity (Wildman–Crippen MR) is 97.7 cm³/mol. The van der Waals surface area contributed by atoms with Gasteiger partial charge >= 0.3 is 0 Å². The van der Waals surface area contributed by atoms with Gasteiger partial charge in [0, 0.05) is 12.0 Å². The molecule has 1 atom stereocenters. The number of rotatable bonds is 5. The summed E-state index contributed by atoms with van der Waals surface area (Å²) >= 11 is 0. The Morgan fingerprint density at radius 3 is 2.24 bits per heavy atom. The summed E-state index contributed by atoms with van der Waals surface area (Å²) < 4.78 is 0. The van der Waals surface area contributed by atoms with E-state index in [0.29, 0.717) is 6.04 Å². The third kappa shape index (κ3) is 4.60. The molecule has 5 nitrogen and oxygen atoms in total. The molecule has 3 rings (SSSR count). The Hall–Kier alpha value is -1.88. The van der Waals surface area contributed by atoms with Crippen LogP contribution in [0.2, 0.25) is 0 Å². The van der Waals surface area contributed by atoms with Gasteiger partial charge in [-0.3, -0.25) is 14.5 Å². The van der Waals surface area contributed by atoms with E-state index in [2.05, 4.69) is 10.2 Å². The topological polar surface area (TPSA) is 75.4 Å². The fraction of sp³-hybridized carbons (Fsp3) is 0.600. The molecule has 25 heavy (non-hydrogen) atoms. The molecule has 0 aromatic heterocycles. The van der Waals surface area contributed by atoms with Gasteiger partial charge in [-0.1, -0.05) is 49.6 Å². The lowest BCUT2D eigenvalue weighted by molar-refractivity contribution is -0.128. The van der Waals surface area contributed by atoms with Crippen molar-refractivity contribution < 1.29 is 9.59 Å². The van der Waals surface area contributed by atoms with Crippen LogP contribution in [0.4, 0.5) is 0 Å². The number of likely N-dealkylation sites (tertiary alicyclic amines) is 1. The van der Waals surface area contributed by atoms with Crippen molar-refractivity contribution in [1.29, 1.82) is 0 Å². The number of primary amides is 1. The van der Waals surface area contributed by atoms with E-state index < -0.39 is 6.04 Å². The van der Waals surface area contributed by atoms with Crippen molar-refractivity contribution in [3.63, 3.8) is 0 Å². The fourth-order valence-electron chi connectivity index (χ4n) is 4.18. The van der Waals surface area contributed by atoms with Crippen LogP contribution < -0.4 is 11.1 Å². The first-order valence-electron chi connectivity index (χ1n) is 9.54. The number of hydrogen-bond acceptors (Lipinski definition) is 3. The molecule has 0 bridgehead atoms. The van der Waals surface area contributed by atoms with Crippen molar-refractivity contribution >= 4 is 11.8 Å². The Morgan fingerprint density at radius 2 is 1.64 bits per heavy atom. The SMILES string of the molecule is NC(=O)[C@H](c1ccccc1)N1CCC(C(=O)NC2CCCCC2)CC1. The van der Waals surface area contributed by atoms with Crippen LogP contribution in [0.3, 0.4) is 0 Å². The Morgan fingerprint density at radius 1 is 1.00 bits per heavy atom. The second kappa shape index (κ2) is 8.48. The summed E-state index contributed by atoms with van der Waals surface area (Å²) in [7, 11) is 0. The second-order valence-electron chi connectivity index (χ2n) is 7.37. The summed E-state index contributed by atoms with van der Waals surface area (Å²) in [5, 5.41) is 3.24. The molecule has 2 amide bonds. The van der Waals surface area contributed by atoms with Crippen molar-refractivity contribution in [3.8, 4) is 0 Å². The number of carbonyl (C=O) groups excluding carboxylic acids is 2. The largest absolute Gasteiger partial charge is 0.368 e. The monoisotopic (exact) mass is 343 g/mol. The summed E-state index contributed by atoms with van der Waals surface area (Å²) in [6.07, 6.45) is 7.54. The van der Waals surface area contributed by atoms with Crippen molar-refractivity contribution in [1.82, 2.24) is 10.2 Å². The molecule has 1 aliphatic heterocycles. The molecule has 136 valence electrons. The van der Waals surface area contributed by atoms with Gasteiger partial charge in [0.25, 0.3) is 0 Å². The fourth-order valence-corrected chi connectivity index (χ4v) is 4.18. The Bertz CT molecular complexity index is 576. The number of nitrogens with two attached hydrogens (primary N) is 1. The molecule has 1 saturated carbocycles. The van der Waals surface area contributed by atoms with Gasteiger partial charge in [-0.15, -0.1) is 0 Å². The van der Waals surface area contributed by atoms with Gasteiger partial charge in [-0.2, -0.15) is 0 Å². The van der Waals surface area contributed by atoms with E-state index in [1.807, 2.05) is 30.3 Å². The highest BCUT2D eigenvalue weighted by molar-refractivity contribution is 5.82. The minimum Gasteiger partial charge on any atom is -0.368 e. The molecule has 2 fully saturated rings. The number of nitrogens with zero attached hydrogens (tertiary/aromatic N) is 1.